The Labute approximate surface area is 89.3 Å². The fourth-order valence-corrected chi connectivity index (χ4v) is 1.32. The number of rotatable bonds is 4. The maximum Gasteiger partial charge on any atom is 0.161 e. The van der Waals surface area contributed by atoms with Crippen LogP contribution >= 0.6 is 0 Å². The highest BCUT2D eigenvalue weighted by molar-refractivity contribution is 5.75. The Morgan fingerprint density at radius 3 is 2.27 bits per heavy atom. The zero-order valence-corrected chi connectivity index (χ0v) is 9.11. The van der Waals surface area contributed by atoms with Crippen molar-refractivity contribution in [3.8, 4) is 11.5 Å². The average Bonchev–Trinajstić information content (AvgIpc) is 2.27. The maximum absolute atomic E-state index is 10.2. The number of aldehydes is 1. The molecule has 0 spiro atoms. The highest BCUT2D eigenvalue weighted by Gasteiger charge is 2.06. The summed E-state index contributed by atoms with van der Waals surface area (Å²) in [5.74, 6) is 1.35. The molecule has 1 aromatic carbocycles. The van der Waals surface area contributed by atoms with Gasteiger partial charge in [-0.3, -0.25) is 4.79 Å². The molecule has 3 heteroatoms. The number of methoxy groups -OCH3 is 2. The molecular weight excluding hydrogens is 192 g/mol. The Morgan fingerprint density at radius 1 is 1.13 bits per heavy atom. The summed E-state index contributed by atoms with van der Waals surface area (Å²) in [4.78, 5) is 10.2. The van der Waals surface area contributed by atoms with Crippen LogP contribution in [0.2, 0.25) is 0 Å². The zero-order chi connectivity index (χ0) is 11.3. The molecule has 0 aromatic heterocycles. The van der Waals surface area contributed by atoms with Gasteiger partial charge in [0.05, 0.1) is 14.2 Å². The van der Waals surface area contributed by atoms with Gasteiger partial charge in [0.15, 0.2) is 11.5 Å². The Hall–Kier alpha value is -1.77. The molecule has 0 N–H and O–H groups in total. The minimum Gasteiger partial charge on any atom is -0.493 e. The molecule has 0 radical (unpaired) electrons. The number of hydrogen-bond acceptors (Lipinski definition) is 3. The quantitative estimate of drug-likeness (QED) is 0.559. The van der Waals surface area contributed by atoms with Gasteiger partial charge in [-0.1, -0.05) is 6.08 Å². The maximum atomic E-state index is 10.2. The first-order valence-electron chi connectivity index (χ1n) is 4.57. The van der Waals surface area contributed by atoms with Crippen molar-refractivity contribution in [1.82, 2.24) is 0 Å². The molecule has 80 valence electrons. The fourth-order valence-electron chi connectivity index (χ4n) is 1.32. The number of allylic oxidation sites excluding steroid dienone is 1. The van der Waals surface area contributed by atoms with Crippen LogP contribution in [0, 0.1) is 6.92 Å². The van der Waals surface area contributed by atoms with Gasteiger partial charge in [0.25, 0.3) is 0 Å². The van der Waals surface area contributed by atoms with Crippen LogP contribution in [0.4, 0.5) is 0 Å². The van der Waals surface area contributed by atoms with Crippen LogP contribution in [0.5, 0.6) is 11.5 Å². The minimum atomic E-state index is 0.661. The van der Waals surface area contributed by atoms with Crippen LogP contribution in [0.15, 0.2) is 18.2 Å². The normalized spacial score (nSPS) is 10.3. The first-order valence-corrected chi connectivity index (χ1v) is 4.57. The summed E-state index contributed by atoms with van der Waals surface area (Å²) in [6, 6.07) is 3.72. The van der Waals surface area contributed by atoms with Gasteiger partial charge in [0.2, 0.25) is 0 Å². The van der Waals surface area contributed by atoms with E-state index in [4.69, 9.17) is 9.47 Å². The number of aryl methyl sites for hydroxylation is 1. The lowest BCUT2D eigenvalue weighted by Gasteiger charge is -2.10. The smallest absolute Gasteiger partial charge is 0.161 e. The Bertz CT molecular complexity index is 381. The van der Waals surface area contributed by atoms with Crippen molar-refractivity contribution in [3.63, 3.8) is 0 Å². The second-order valence-electron chi connectivity index (χ2n) is 3.06. The summed E-state index contributed by atoms with van der Waals surface area (Å²) in [7, 11) is 3.18. The van der Waals surface area contributed by atoms with E-state index in [2.05, 4.69) is 0 Å². The van der Waals surface area contributed by atoms with E-state index in [9.17, 15) is 4.79 Å². The highest BCUT2D eigenvalue weighted by atomic mass is 16.5. The van der Waals surface area contributed by atoms with Crippen molar-refractivity contribution >= 4 is 12.4 Å². The molecule has 0 amide bonds. The van der Waals surface area contributed by atoms with E-state index in [-0.39, 0.29) is 0 Å². The molecule has 0 aliphatic heterocycles. The predicted molar refractivity (Wildman–Crippen MR) is 59.4 cm³/mol. The molecule has 0 aliphatic carbocycles. The number of carbonyl (C=O) groups excluding carboxylic acids is 1. The lowest BCUT2D eigenvalue weighted by Crippen LogP contribution is -1.93. The van der Waals surface area contributed by atoms with Crippen molar-refractivity contribution in [3.05, 3.63) is 29.3 Å². The summed E-state index contributed by atoms with van der Waals surface area (Å²) in [6.45, 7) is 1.95. The van der Waals surface area contributed by atoms with Gasteiger partial charge in [-0.05, 0) is 36.3 Å². The van der Waals surface area contributed by atoms with Crippen LogP contribution in [-0.2, 0) is 4.79 Å². The molecule has 3 nitrogen and oxygen atoms in total. The lowest BCUT2D eigenvalue weighted by atomic mass is 10.1. The van der Waals surface area contributed by atoms with Crippen molar-refractivity contribution in [1.29, 1.82) is 0 Å². The second-order valence-corrected chi connectivity index (χ2v) is 3.06. The number of ether oxygens (including phenoxy) is 2. The fraction of sp³-hybridized carbons (Fsp3) is 0.250. The van der Waals surface area contributed by atoms with Crippen LogP contribution in [0.25, 0.3) is 6.08 Å². The van der Waals surface area contributed by atoms with Crippen molar-refractivity contribution in [2.75, 3.05) is 14.2 Å². The average molecular weight is 206 g/mol. The standard InChI is InChI=1S/C12H14O3/c1-9-7-11(14-2)12(15-3)8-10(9)5-4-6-13/h4-8H,1-3H3/b5-4+. The van der Waals surface area contributed by atoms with Gasteiger partial charge in [-0.25, -0.2) is 0 Å². The van der Waals surface area contributed by atoms with Gasteiger partial charge in [-0.15, -0.1) is 0 Å². The molecule has 0 saturated carbocycles. The molecule has 0 unspecified atom stereocenters. The minimum absolute atomic E-state index is 0.661. The molecular formula is C12H14O3. The second kappa shape index (κ2) is 5.20. The summed E-state index contributed by atoms with van der Waals surface area (Å²) in [5, 5.41) is 0. The van der Waals surface area contributed by atoms with Gasteiger partial charge in [-0.2, -0.15) is 0 Å². The van der Waals surface area contributed by atoms with E-state index >= 15 is 0 Å². The van der Waals surface area contributed by atoms with Gasteiger partial charge >= 0.3 is 0 Å². The summed E-state index contributed by atoms with van der Waals surface area (Å²) < 4.78 is 10.3. The summed E-state index contributed by atoms with van der Waals surface area (Å²) in [6.07, 6.45) is 3.94. The summed E-state index contributed by atoms with van der Waals surface area (Å²) >= 11 is 0. The molecule has 0 aliphatic rings. The van der Waals surface area contributed by atoms with E-state index in [0.717, 1.165) is 17.4 Å². The van der Waals surface area contributed by atoms with E-state index in [0.29, 0.717) is 11.5 Å². The van der Waals surface area contributed by atoms with E-state index < -0.39 is 0 Å². The Kier molecular flexibility index (Phi) is 3.92. The molecule has 0 fully saturated rings. The third kappa shape index (κ3) is 2.59. The monoisotopic (exact) mass is 206 g/mol. The molecule has 15 heavy (non-hydrogen) atoms. The largest absolute Gasteiger partial charge is 0.493 e. The molecule has 0 saturated heterocycles. The van der Waals surface area contributed by atoms with Crippen molar-refractivity contribution < 1.29 is 14.3 Å². The van der Waals surface area contributed by atoms with Crippen molar-refractivity contribution in [2.24, 2.45) is 0 Å². The van der Waals surface area contributed by atoms with Crippen LogP contribution in [0.1, 0.15) is 11.1 Å². The van der Waals surface area contributed by atoms with Gasteiger partial charge < -0.3 is 9.47 Å². The molecule has 1 rings (SSSR count). The molecule has 0 heterocycles. The van der Waals surface area contributed by atoms with Crippen LogP contribution in [0.3, 0.4) is 0 Å². The summed E-state index contributed by atoms with van der Waals surface area (Å²) in [5.41, 5.74) is 1.98. The number of benzene rings is 1. The third-order valence-electron chi connectivity index (χ3n) is 2.13. The van der Waals surface area contributed by atoms with E-state index in [1.807, 2.05) is 19.1 Å². The first kappa shape index (κ1) is 11.3. The Morgan fingerprint density at radius 2 is 1.73 bits per heavy atom. The topological polar surface area (TPSA) is 35.5 Å². The number of hydrogen-bond donors (Lipinski definition) is 0. The van der Waals surface area contributed by atoms with Gasteiger partial charge in [0.1, 0.15) is 6.29 Å². The predicted octanol–water partition coefficient (Wildman–Crippen LogP) is 2.22. The SMILES string of the molecule is COc1cc(C)c(/C=C/C=O)cc1OC. The first-order chi connectivity index (χ1) is 7.22. The van der Waals surface area contributed by atoms with Crippen LogP contribution < -0.4 is 9.47 Å². The molecule has 1 aromatic rings. The van der Waals surface area contributed by atoms with E-state index in [1.54, 1.807) is 20.3 Å². The number of carbonyl (C=O) groups is 1. The third-order valence-corrected chi connectivity index (χ3v) is 2.13. The molecule has 0 atom stereocenters. The van der Waals surface area contributed by atoms with Gasteiger partial charge in [0, 0.05) is 0 Å². The van der Waals surface area contributed by atoms with Crippen LogP contribution in [-0.4, -0.2) is 20.5 Å². The van der Waals surface area contributed by atoms with E-state index in [1.165, 1.54) is 6.08 Å². The Balaban J connectivity index is 3.19. The lowest BCUT2D eigenvalue weighted by molar-refractivity contribution is -0.104. The molecule has 0 bridgehead atoms. The highest BCUT2D eigenvalue weighted by Crippen LogP contribution is 2.30. The zero-order valence-electron chi connectivity index (χ0n) is 9.11. The van der Waals surface area contributed by atoms with Crippen molar-refractivity contribution in [2.45, 2.75) is 6.92 Å².